The monoisotopic (exact) mass is 226 g/mol. The number of hydrogen-bond donors (Lipinski definition) is 1. The molecule has 2 amide bonds. The highest BCUT2D eigenvalue weighted by molar-refractivity contribution is 5.88. The minimum atomic E-state index is -0.258. The third kappa shape index (κ3) is 3.22. The van der Waals surface area contributed by atoms with Crippen LogP contribution in [-0.2, 0) is 9.59 Å². The Kier molecular flexibility index (Phi) is 3.94. The molecule has 0 aromatic carbocycles. The van der Waals surface area contributed by atoms with Crippen LogP contribution < -0.4 is 5.32 Å². The van der Waals surface area contributed by atoms with Gasteiger partial charge < -0.3 is 10.2 Å². The summed E-state index contributed by atoms with van der Waals surface area (Å²) in [6.07, 6.45) is 2.18. The lowest BCUT2D eigenvalue weighted by Gasteiger charge is -2.28. The molecule has 16 heavy (non-hydrogen) atoms. The molecule has 1 aliphatic heterocycles. The van der Waals surface area contributed by atoms with E-state index in [-0.39, 0.29) is 23.4 Å². The molecule has 1 fully saturated rings. The lowest BCUT2D eigenvalue weighted by atomic mass is 10.1. The fraction of sp³-hybridized carbons (Fsp3) is 0.833. The zero-order valence-electron chi connectivity index (χ0n) is 10.7. The van der Waals surface area contributed by atoms with Crippen molar-refractivity contribution >= 4 is 11.8 Å². The lowest BCUT2D eigenvalue weighted by molar-refractivity contribution is -0.138. The fourth-order valence-electron chi connectivity index (χ4n) is 1.99. The number of carbonyl (C=O) groups is 2. The molecule has 1 aliphatic rings. The number of likely N-dealkylation sites (tertiary alicyclic amines) is 1. The quantitative estimate of drug-likeness (QED) is 0.771. The Balaban J connectivity index is 2.65. The second-order valence-electron chi connectivity index (χ2n) is 5.34. The smallest absolute Gasteiger partial charge is 0.243 e. The van der Waals surface area contributed by atoms with Crippen LogP contribution in [0.25, 0.3) is 0 Å². The molecule has 0 spiro atoms. The molecule has 1 saturated heterocycles. The van der Waals surface area contributed by atoms with Crippen molar-refractivity contribution in [1.29, 1.82) is 0 Å². The zero-order valence-corrected chi connectivity index (χ0v) is 10.7. The standard InChI is InChI=1S/C12H22N2O2/c1-5-10(15)14-8-6-7-9(14)11(16)13-12(2,3)4/h9H,5-8H2,1-4H3,(H,13,16)/t9-/m0/s1. The van der Waals surface area contributed by atoms with Crippen molar-refractivity contribution in [2.45, 2.75) is 58.5 Å². The average Bonchev–Trinajstić information content (AvgIpc) is 2.62. The molecule has 0 unspecified atom stereocenters. The third-order valence-corrected chi connectivity index (χ3v) is 2.68. The normalized spacial score (nSPS) is 21.0. The Labute approximate surface area is 97.4 Å². The highest BCUT2D eigenvalue weighted by Gasteiger charge is 2.34. The zero-order chi connectivity index (χ0) is 12.3. The summed E-state index contributed by atoms with van der Waals surface area (Å²) in [7, 11) is 0. The van der Waals surface area contributed by atoms with E-state index in [9.17, 15) is 9.59 Å². The molecule has 4 nitrogen and oxygen atoms in total. The number of hydrogen-bond acceptors (Lipinski definition) is 2. The van der Waals surface area contributed by atoms with Gasteiger partial charge in [0.05, 0.1) is 0 Å². The molecule has 1 rings (SSSR count). The minimum absolute atomic E-state index is 0.0215. The predicted octanol–water partition coefficient (Wildman–Crippen LogP) is 1.30. The average molecular weight is 226 g/mol. The number of carbonyl (C=O) groups excluding carboxylic acids is 2. The van der Waals surface area contributed by atoms with Crippen LogP contribution in [0.4, 0.5) is 0 Å². The summed E-state index contributed by atoms with van der Waals surface area (Å²) in [5.74, 6) is 0.0540. The van der Waals surface area contributed by atoms with Crippen LogP contribution in [0.1, 0.15) is 47.0 Å². The maximum absolute atomic E-state index is 12.0. The molecule has 0 aliphatic carbocycles. The van der Waals surface area contributed by atoms with E-state index in [1.807, 2.05) is 27.7 Å². The second kappa shape index (κ2) is 4.85. The van der Waals surface area contributed by atoms with E-state index in [2.05, 4.69) is 5.32 Å². The second-order valence-corrected chi connectivity index (χ2v) is 5.34. The maximum atomic E-state index is 12.0. The number of rotatable bonds is 2. The minimum Gasteiger partial charge on any atom is -0.350 e. The summed E-state index contributed by atoms with van der Waals surface area (Å²) in [5.41, 5.74) is -0.236. The highest BCUT2D eigenvalue weighted by Crippen LogP contribution is 2.19. The van der Waals surface area contributed by atoms with Crippen LogP contribution in [0.3, 0.4) is 0 Å². The molecular formula is C12H22N2O2. The molecule has 0 aromatic rings. The van der Waals surface area contributed by atoms with Crippen LogP contribution in [0.5, 0.6) is 0 Å². The maximum Gasteiger partial charge on any atom is 0.243 e. The van der Waals surface area contributed by atoms with Gasteiger partial charge in [-0.25, -0.2) is 0 Å². The molecule has 0 saturated carbocycles. The van der Waals surface area contributed by atoms with Gasteiger partial charge in [0.1, 0.15) is 6.04 Å². The van der Waals surface area contributed by atoms with Gasteiger partial charge in [-0.2, -0.15) is 0 Å². The summed E-state index contributed by atoms with van der Waals surface area (Å²) in [4.78, 5) is 25.3. The number of nitrogens with zero attached hydrogens (tertiary/aromatic N) is 1. The van der Waals surface area contributed by atoms with Crippen LogP contribution in [0.2, 0.25) is 0 Å². The Morgan fingerprint density at radius 1 is 1.38 bits per heavy atom. The van der Waals surface area contributed by atoms with Gasteiger partial charge >= 0.3 is 0 Å². The first-order valence-corrected chi connectivity index (χ1v) is 5.96. The van der Waals surface area contributed by atoms with Gasteiger partial charge in [0, 0.05) is 18.5 Å². The molecule has 1 atom stereocenters. The van der Waals surface area contributed by atoms with Crippen LogP contribution in [0, 0.1) is 0 Å². The van der Waals surface area contributed by atoms with E-state index in [4.69, 9.17) is 0 Å². The van der Waals surface area contributed by atoms with Crippen molar-refractivity contribution in [2.75, 3.05) is 6.54 Å². The summed E-state index contributed by atoms with van der Waals surface area (Å²) in [6.45, 7) is 8.40. The largest absolute Gasteiger partial charge is 0.350 e. The molecule has 0 aromatic heterocycles. The first-order valence-electron chi connectivity index (χ1n) is 5.96. The molecule has 1 N–H and O–H groups in total. The van der Waals surface area contributed by atoms with E-state index in [0.717, 1.165) is 19.4 Å². The van der Waals surface area contributed by atoms with Gasteiger partial charge in [-0.05, 0) is 33.6 Å². The van der Waals surface area contributed by atoms with Crippen LogP contribution in [0.15, 0.2) is 0 Å². The first kappa shape index (κ1) is 13.0. The van der Waals surface area contributed by atoms with Crippen molar-refractivity contribution in [3.05, 3.63) is 0 Å². The molecule has 0 bridgehead atoms. The van der Waals surface area contributed by atoms with Gasteiger partial charge in [-0.1, -0.05) is 6.92 Å². The topological polar surface area (TPSA) is 49.4 Å². The van der Waals surface area contributed by atoms with Crippen molar-refractivity contribution in [3.63, 3.8) is 0 Å². The van der Waals surface area contributed by atoms with Gasteiger partial charge in [-0.3, -0.25) is 9.59 Å². The summed E-state index contributed by atoms with van der Waals surface area (Å²) < 4.78 is 0. The Bertz CT molecular complexity index is 281. The van der Waals surface area contributed by atoms with Gasteiger partial charge in [0.25, 0.3) is 0 Å². The van der Waals surface area contributed by atoms with E-state index >= 15 is 0 Å². The molecule has 4 heteroatoms. The predicted molar refractivity (Wildman–Crippen MR) is 62.9 cm³/mol. The molecular weight excluding hydrogens is 204 g/mol. The molecule has 1 heterocycles. The van der Waals surface area contributed by atoms with E-state index in [0.29, 0.717) is 6.42 Å². The van der Waals surface area contributed by atoms with Crippen molar-refractivity contribution < 1.29 is 9.59 Å². The lowest BCUT2D eigenvalue weighted by Crippen LogP contribution is -2.51. The first-order chi connectivity index (χ1) is 7.35. The van der Waals surface area contributed by atoms with Crippen molar-refractivity contribution in [3.8, 4) is 0 Å². The summed E-state index contributed by atoms with van der Waals surface area (Å²) >= 11 is 0. The Morgan fingerprint density at radius 3 is 2.50 bits per heavy atom. The number of amides is 2. The van der Waals surface area contributed by atoms with Crippen LogP contribution in [-0.4, -0.2) is 34.8 Å². The summed E-state index contributed by atoms with van der Waals surface area (Å²) in [5, 5.41) is 2.94. The van der Waals surface area contributed by atoms with E-state index < -0.39 is 0 Å². The van der Waals surface area contributed by atoms with Gasteiger partial charge in [-0.15, -0.1) is 0 Å². The fourth-order valence-corrected chi connectivity index (χ4v) is 1.99. The summed E-state index contributed by atoms with van der Waals surface area (Å²) in [6, 6.07) is -0.258. The van der Waals surface area contributed by atoms with Gasteiger partial charge in [0.15, 0.2) is 0 Å². The SMILES string of the molecule is CCC(=O)N1CCC[C@H]1C(=O)NC(C)(C)C. The Hall–Kier alpha value is -1.06. The molecule has 0 radical (unpaired) electrons. The van der Waals surface area contributed by atoms with Crippen molar-refractivity contribution in [1.82, 2.24) is 10.2 Å². The molecule has 92 valence electrons. The third-order valence-electron chi connectivity index (χ3n) is 2.68. The van der Waals surface area contributed by atoms with Gasteiger partial charge in [0.2, 0.25) is 11.8 Å². The van der Waals surface area contributed by atoms with E-state index in [1.54, 1.807) is 4.90 Å². The van der Waals surface area contributed by atoms with Crippen LogP contribution >= 0.6 is 0 Å². The van der Waals surface area contributed by atoms with E-state index in [1.165, 1.54) is 0 Å². The Morgan fingerprint density at radius 2 is 2.00 bits per heavy atom. The van der Waals surface area contributed by atoms with Crippen molar-refractivity contribution in [2.24, 2.45) is 0 Å². The number of nitrogens with one attached hydrogen (secondary N) is 1. The highest BCUT2D eigenvalue weighted by atomic mass is 16.2.